The number of nitrogens with zero attached hydrogens (tertiary/aromatic N) is 1. The van der Waals surface area contributed by atoms with E-state index in [1.807, 2.05) is 20.9 Å². The fraction of sp³-hybridized carbons (Fsp3) is 0.357. The highest BCUT2D eigenvalue weighted by Gasteiger charge is 2.08. The Bertz CT molecular complexity index is 549. The van der Waals surface area contributed by atoms with E-state index < -0.39 is 0 Å². The molecule has 1 aromatic carbocycles. The molecule has 0 spiro atoms. The zero-order valence-electron chi connectivity index (χ0n) is 11.3. The van der Waals surface area contributed by atoms with Crippen molar-refractivity contribution in [1.82, 2.24) is 10.3 Å². The predicted molar refractivity (Wildman–Crippen MR) is 75.1 cm³/mol. The van der Waals surface area contributed by atoms with Crippen LogP contribution in [-0.4, -0.2) is 12.0 Å². The van der Waals surface area contributed by atoms with Gasteiger partial charge in [-0.3, -0.25) is 0 Å². The summed E-state index contributed by atoms with van der Waals surface area (Å²) in [5.41, 5.74) is 1.85. The molecule has 0 aliphatic carbocycles. The number of aromatic nitrogens is 1. The molecule has 0 aliphatic heterocycles. The smallest absolute Gasteiger partial charge is 0.140 e. The molecule has 0 fully saturated rings. The topological polar surface area (TPSA) is 34.1 Å². The summed E-state index contributed by atoms with van der Waals surface area (Å²) in [6.45, 7) is 5.02. The molecule has 1 heterocycles. The molecular weight excluding hydrogens is 263 g/mol. The molecule has 0 unspecified atom stereocenters. The van der Waals surface area contributed by atoms with Crippen molar-refractivity contribution in [2.45, 2.75) is 27.0 Å². The van der Waals surface area contributed by atoms with Crippen molar-refractivity contribution >= 4 is 11.3 Å². The molecule has 1 N–H and O–H groups in total. The molecule has 0 amide bonds. The number of halogens is 1. The summed E-state index contributed by atoms with van der Waals surface area (Å²) in [5, 5.41) is 3.94. The van der Waals surface area contributed by atoms with Crippen LogP contribution < -0.4 is 10.1 Å². The first kappa shape index (κ1) is 14.0. The van der Waals surface area contributed by atoms with Crippen LogP contribution in [0.5, 0.6) is 5.75 Å². The summed E-state index contributed by atoms with van der Waals surface area (Å²) in [7, 11) is 1.82. The SMILES string of the molecule is CNCc1cc(F)ccc1OCc1nc(C)c(C)s1. The number of thiazole rings is 1. The van der Waals surface area contributed by atoms with E-state index in [1.54, 1.807) is 17.4 Å². The Kier molecular flexibility index (Phi) is 4.50. The fourth-order valence-electron chi connectivity index (χ4n) is 1.76. The van der Waals surface area contributed by atoms with Crippen molar-refractivity contribution in [2.75, 3.05) is 7.05 Å². The predicted octanol–water partition coefficient (Wildman–Crippen LogP) is 3.20. The van der Waals surface area contributed by atoms with E-state index in [2.05, 4.69) is 10.3 Å². The highest BCUT2D eigenvalue weighted by atomic mass is 32.1. The minimum Gasteiger partial charge on any atom is -0.486 e. The zero-order valence-corrected chi connectivity index (χ0v) is 12.1. The Hall–Kier alpha value is -1.46. The van der Waals surface area contributed by atoms with Gasteiger partial charge in [0.15, 0.2) is 0 Å². The first-order valence-electron chi connectivity index (χ1n) is 6.09. The van der Waals surface area contributed by atoms with Crippen LogP contribution in [0, 0.1) is 19.7 Å². The maximum atomic E-state index is 13.2. The van der Waals surface area contributed by atoms with Gasteiger partial charge in [-0.2, -0.15) is 0 Å². The molecule has 1 aromatic heterocycles. The normalized spacial score (nSPS) is 10.7. The molecule has 19 heavy (non-hydrogen) atoms. The summed E-state index contributed by atoms with van der Waals surface area (Å²) in [4.78, 5) is 5.62. The quantitative estimate of drug-likeness (QED) is 0.913. The van der Waals surface area contributed by atoms with E-state index in [1.165, 1.54) is 17.0 Å². The van der Waals surface area contributed by atoms with Gasteiger partial charge in [0.05, 0.1) is 5.69 Å². The lowest BCUT2D eigenvalue weighted by molar-refractivity contribution is 0.301. The first-order valence-corrected chi connectivity index (χ1v) is 6.90. The second kappa shape index (κ2) is 6.12. The van der Waals surface area contributed by atoms with Gasteiger partial charge < -0.3 is 10.1 Å². The molecule has 3 nitrogen and oxygen atoms in total. The van der Waals surface area contributed by atoms with Crippen LogP contribution in [0.25, 0.3) is 0 Å². The van der Waals surface area contributed by atoms with Gasteiger partial charge in [0.25, 0.3) is 0 Å². The molecule has 0 atom stereocenters. The van der Waals surface area contributed by atoms with Crippen LogP contribution in [0.4, 0.5) is 4.39 Å². The third-order valence-corrected chi connectivity index (χ3v) is 3.86. The van der Waals surface area contributed by atoms with Gasteiger partial charge in [0.1, 0.15) is 23.2 Å². The lowest BCUT2D eigenvalue weighted by atomic mass is 10.2. The van der Waals surface area contributed by atoms with Crippen LogP contribution in [0.1, 0.15) is 21.1 Å². The molecule has 0 radical (unpaired) electrons. The molecule has 5 heteroatoms. The number of benzene rings is 1. The van der Waals surface area contributed by atoms with Crippen molar-refractivity contribution in [1.29, 1.82) is 0 Å². The average Bonchev–Trinajstić information content (AvgIpc) is 2.68. The monoisotopic (exact) mass is 280 g/mol. The van der Waals surface area contributed by atoms with E-state index in [4.69, 9.17) is 4.74 Å². The Balaban J connectivity index is 2.10. The van der Waals surface area contributed by atoms with Crippen LogP contribution in [0.3, 0.4) is 0 Å². The molecule has 0 saturated heterocycles. The number of aryl methyl sites for hydroxylation is 2. The number of hydrogen-bond donors (Lipinski definition) is 1. The number of hydrogen-bond acceptors (Lipinski definition) is 4. The van der Waals surface area contributed by atoms with Crippen LogP contribution in [0.2, 0.25) is 0 Å². The summed E-state index contributed by atoms with van der Waals surface area (Å²) in [6, 6.07) is 4.56. The second-order valence-electron chi connectivity index (χ2n) is 4.32. The molecular formula is C14H17FN2OS. The summed E-state index contributed by atoms with van der Waals surface area (Å²) >= 11 is 1.63. The molecule has 0 bridgehead atoms. The minimum atomic E-state index is -0.251. The molecule has 102 valence electrons. The Morgan fingerprint density at radius 1 is 1.37 bits per heavy atom. The van der Waals surface area contributed by atoms with Gasteiger partial charge in [-0.25, -0.2) is 9.37 Å². The maximum absolute atomic E-state index is 13.2. The van der Waals surface area contributed by atoms with Gasteiger partial charge in [0.2, 0.25) is 0 Å². The molecule has 0 aliphatic rings. The van der Waals surface area contributed by atoms with Crippen molar-refractivity contribution in [3.05, 3.63) is 45.2 Å². The minimum absolute atomic E-state index is 0.251. The van der Waals surface area contributed by atoms with E-state index in [0.29, 0.717) is 18.9 Å². The van der Waals surface area contributed by atoms with Crippen molar-refractivity contribution < 1.29 is 9.13 Å². The van der Waals surface area contributed by atoms with Gasteiger partial charge in [-0.05, 0) is 39.1 Å². The maximum Gasteiger partial charge on any atom is 0.140 e. The number of nitrogens with one attached hydrogen (secondary N) is 1. The first-order chi connectivity index (χ1) is 9.10. The highest BCUT2D eigenvalue weighted by molar-refractivity contribution is 7.11. The van der Waals surface area contributed by atoms with E-state index >= 15 is 0 Å². The summed E-state index contributed by atoms with van der Waals surface area (Å²) in [5.74, 6) is 0.444. The van der Waals surface area contributed by atoms with E-state index in [0.717, 1.165) is 16.3 Å². The molecule has 0 saturated carbocycles. The number of ether oxygens (including phenoxy) is 1. The van der Waals surface area contributed by atoms with Gasteiger partial charge in [-0.1, -0.05) is 0 Å². The average molecular weight is 280 g/mol. The summed E-state index contributed by atoms with van der Waals surface area (Å²) < 4.78 is 18.9. The number of rotatable bonds is 5. The van der Waals surface area contributed by atoms with Crippen LogP contribution >= 0.6 is 11.3 Å². The van der Waals surface area contributed by atoms with Crippen LogP contribution in [-0.2, 0) is 13.2 Å². The standard InChI is InChI=1S/C14H17FN2OS/c1-9-10(2)19-14(17-9)8-18-13-5-4-12(15)6-11(13)7-16-3/h4-6,16H,7-8H2,1-3H3. The zero-order chi connectivity index (χ0) is 13.8. The third-order valence-electron chi connectivity index (χ3n) is 2.81. The van der Waals surface area contributed by atoms with Crippen LogP contribution in [0.15, 0.2) is 18.2 Å². The van der Waals surface area contributed by atoms with Crippen molar-refractivity contribution in [2.24, 2.45) is 0 Å². The Morgan fingerprint density at radius 2 is 2.16 bits per heavy atom. The van der Waals surface area contributed by atoms with Gasteiger partial charge in [-0.15, -0.1) is 11.3 Å². The largest absolute Gasteiger partial charge is 0.486 e. The highest BCUT2D eigenvalue weighted by Crippen LogP contribution is 2.23. The van der Waals surface area contributed by atoms with Gasteiger partial charge in [0, 0.05) is 17.0 Å². The van der Waals surface area contributed by atoms with Gasteiger partial charge >= 0.3 is 0 Å². The Labute approximate surface area is 116 Å². The second-order valence-corrected chi connectivity index (χ2v) is 5.61. The summed E-state index contributed by atoms with van der Waals surface area (Å²) in [6.07, 6.45) is 0. The van der Waals surface area contributed by atoms with E-state index in [9.17, 15) is 4.39 Å². The lowest BCUT2D eigenvalue weighted by Crippen LogP contribution is -2.08. The van der Waals surface area contributed by atoms with Crippen molar-refractivity contribution in [3.8, 4) is 5.75 Å². The van der Waals surface area contributed by atoms with Crippen molar-refractivity contribution in [3.63, 3.8) is 0 Å². The fourth-order valence-corrected chi connectivity index (χ4v) is 2.61. The molecule has 2 rings (SSSR count). The third kappa shape index (κ3) is 3.52. The molecule has 2 aromatic rings. The lowest BCUT2D eigenvalue weighted by Gasteiger charge is -2.10. The van der Waals surface area contributed by atoms with E-state index in [-0.39, 0.29) is 5.82 Å². The Morgan fingerprint density at radius 3 is 2.79 bits per heavy atom.